The number of carbonyl (C=O) groups is 1. The van der Waals surface area contributed by atoms with Crippen LogP contribution < -0.4 is 10.6 Å². The van der Waals surface area contributed by atoms with Gasteiger partial charge in [-0.05, 0) is 31.4 Å². The third kappa shape index (κ3) is 3.37. The minimum Gasteiger partial charge on any atom is -0.391 e. The lowest BCUT2D eigenvalue weighted by molar-refractivity contribution is 0.0955. The Labute approximate surface area is 146 Å². The number of amides is 2. The summed E-state index contributed by atoms with van der Waals surface area (Å²) in [6.45, 7) is 0.940. The zero-order valence-electron chi connectivity index (χ0n) is 14.1. The van der Waals surface area contributed by atoms with Gasteiger partial charge in [-0.25, -0.2) is 4.79 Å². The molecule has 2 unspecified atom stereocenters. The first-order valence-electron chi connectivity index (χ1n) is 8.99. The molecule has 1 aliphatic heterocycles. The second-order valence-corrected chi connectivity index (χ2v) is 6.83. The topological polar surface area (TPSA) is 92.1 Å². The predicted octanol–water partition coefficient (Wildman–Crippen LogP) is 2.32. The monoisotopic (exact) mass is 341 g/mol. The van der Waals surface area contributed by atoms with E-state index in [0.29, 0.717) is 5.69 Å². The maximum absolute atomic E-state index is 12.2. The molecule has 7 nitrogen and oxygen atoms in total. The summed E-state index contributed by atoms with van der Waals surface area (Å²) in [5, 5.41) is 24.2. The van der Waals surface area contributed by atoms with Crippen molar-refractivity contribution in [2.75, 3.05) is 5.32 Å². The van der Waals surface area contributed by atoms with Gasteiger partial charge in [-0.15, -0.1) is 10.2 Å². The molecule has 2 atom stereocenters. The highest BCUT2D eigenvalue weighted by molar-refractivity contribution is 5.90. The molecule has 132 valence electrons. The normalized spacial score (nSPS) is 22.4. The van der Waals surface area contributed by atoms with Gasteiger partial charge in [0.1, 0.15) is 5.82 Å². The molecule has 2 aliphatic rings. The average Bonchev–Trinajstić information content (AvgIpc) is 3.20. The van der Waals surface area contributed by atoms with Crippen LogP contribution in [0.5, 0.6) is 0 Å². The van der Waals surface area contributed by atoms with Crippen molar-refractivity contribution < 1.29 is 9.90 Å². The lowest BCUT2D eigenvalue weighted by Gasteiger charge is -2.28. The number of fused-ring (bicyclic) bond motifs is 1. The Bertz CT molecular complexity index is 773. The SMILES string of the molecule is O=C(Nc1cccc(-c2nnc3n2CCC3)c1)NC1CCCCC1O. The summed E-state index contributed by atoms with van der Waals surface area (Å²) in [7, 11) is 0. The number of aliphatic hydroxyl groups is 1. The Balaban J connectivity index is 1.45. The van der Waals surface area contributed by atoms with Gasteiger partial charge >= 0.3 is 6.03 Å². The quantitative estimate of drug-likeness (QED) is 0.799. The number of hydrogen-bond acceptors (Lipinski definition) is 4. The summed E-state index contributed by atoms with van der Waals surface area (Å²) >= 11 is 0. The smallest absolute Gasteiger partial charge is 0.319 e. The van der Waals surface area contributed by atoms with Crippen molar-refractivity contribution in [3.8, 4) is 11.4 Å². The van der Waals surface area contributed by atoms with E-state index in [1.54, 1.807) is 0 Å². The minimum absolute atomic E-state index is 0.170. The van der Waals surface area contributed by atoms with Crippen LogP contribution in [0.3, 0.4) is 0 Å². The van der Waals surface area contributed by atoms with E-state index in [-0.39, 0.29) is 12.1 Å². The molecule has 4 rings (SSSR count). The maximum atomic E-state index is 12.2. The van der Waals surface area contributed by atoms with Crippen molar-refractivity contribution in [1.82, 2.24) is 20.1 Å². The largest absolute Gasteiger partial charge is 0.391 e. The van der Waals surface area contributed by atoms with Crippen LogP contribution in [0.4, 0.5) is 10.5 Å². The number of urea groups is 1. The van der Waals surface area contributed by atoms with Gasteiger partial charge < -0.3 is 20.3 Å². The van der Waals surface area contributed by atoms with Crippen LogP contribution in [-0.2, 0) is 13.0 Å². The van der Waals surface area contributed by atoms with E-state index < -0.39 is 6.10 Å². The van der Waals surface area contributed by atoms with Crippen molar-refractivity contribution in [3.63, 3.8) is 0 Å². The van der Waals surface area contributed by atoms with Gasteiger partial charge in [0.2, 0.25) is 0 Å². The highest BCUT2D eigenvalue weighted by Gasteiger charge is 2.24. The third-order valence-corrected chi connectivity index (χ3v) is 5.03. The number of carbonyl (C=O) groups excluding carboxylic acids is 1. The summed E-state index contributed by atoms with van der Waals surface area (Å²) < 4.78 is 2.14. The second kappa shape index (κ2) is 6.84. The van der Waals surface area contributed by atoms with E-state index >= 15 is 0 Å². The number of aliphatic hydroxyl groups excluding tert-OH is 1. The Hall–Kier alpha value is -2.41. The highest BCUT2D eigenvalue weighted by atomic mass is 16.3. The molecule has 1 fully saturated rings. The fourth-order valence-electron chi connectivity index (χ4n) is 3.72. The molecule has 2 amide bonds. The highest BCUT2D eigenvalue weighted by Crippen LogP contribution is 2.25. The predicted molar refractivity (Wildman–Crippen MR) is 94.2 cm³/mol. The molecule has 7 heteroatoms. The molecule has 1 aromatic heterocycles. The van der Waals surface area contributed by atoms with E-state index in [9.17, 15) is 9.90 Å². The van der Waals surface area contributed by atoms with Crippen LogP contribution >= 0.6 is 0 Å². The zero-order chi connectivity index (χ0) is 17.2. The number of nitrogens with zero attached hydrogens (tertiary/aromatic N) is 3. The Morgan fingerprint density at radius 1 is 1.20 bits per heavy atom. The van der Waals surface area contributed by atoms with E-state index in [4.69, 9.17) is 0 Å². The molecule has 3 N–H and O–H groups in total. The van der Waals surface area contributed by atoms with Gasteiger partial charge in [0.15, 0.2) is 5.82 Å². The average molecular weight is 341 g/mol. The second-order valence-electron chi connectivity index (χ2n) is 6.83. The summed E-state index contributed by atoms with van der Waals surface area (Å²) in [4.78, 5) is 12.2. The molecule has 1 saturated carbocycles. The molecule has 1 aliphatic carbocycles. The van der Waals surface area contributed by atoms with E-state index in [1.165, 1.54) is 0 Å². The van der Waals surface area contributed by atoms with Crippen LogP contribution in [0.1, 0.15) is 37.9 Å². The Kier molecular flexibility index (Phi) is 4.40. The van der Waals surface area contributed by atoms with Crippen LogP contribution in [0.2, 0.25) is 0 Å². The molecule has 0 radical (unpaired) electrons. The molecule has 2 heterocycles. The molecule has 25 heavy (non-hydrogen) atoms. The first kappa shape index (κ1) is 16.1. The van der Waals surface area contributed by atoms with Gasteiger partial charge in [0.25, 0.3) is 0 Å². The number of aryl methyl sites for hydroxylation is 1. The fourth-order valence-corrected chi connectivity index (χ4v) is 3.72. The standard InChI is InChI=1S/C18H23N5O2/c24-15-8-2-1-7-14(15)20-18(25)19-13-6-3-5-12(11-13)17-22-21-16-9-4-10-23(16)17/h3,5-6,11,14-15,24H,1-2,4,7-10H2,(H2,19,20,25). The number of aromatic nitrogens is 3. The third-order valence-electron chi connectivity index (χ3n) is 5.03. The van der Waals surface area contributed by atoms with Crippen molar-refractivity contribution >= 4 is 11.7 Å². The number of anilines is 1. The zero-order valence-corrected chi connectivity index (χ0v) is 14.1. The summed E-state index contributed by atoms with van der Waals surface area (Å²) in [6, 6.07) is 7.18. The van der Waals surface area contributed by atoms with Crippen LogP contribution in [0.15, 0.2) is 24.3 Å². The fraction of sp³-hybridized carbons (Fsp3) is 0.500. The maximum Gasteiger partial charge on any atom is 0.319 e. The van der Waals surface area contributed by atoms with Gasteiger partial charge in [-0.1, -0.05) is 25.0 Å². The van der Waals surface area contributed by atoms with E-state index in [2.05, 4.69) is 25.4 Å². The van der Waals surface area contributed by atoms with Crippen molar-refractivity contribution in [3.05, 3.63) is 30.1 Å². The molecular weight excluding hydrogens is 318 g/mol. The van der Waals surface area contributed by atoms with E-state index in [0.717, 1.165) is 62.3 Å². The molecule has 1 aromatic carbocycles. The van der Waals surface area contributed by atoms with Gasteiger partial charge in [0, 0.05) is 24.2 Å². The summed E-state index contributed by atoms with van der Waals surface area (Å²) in [5.41, 5.74) is 1.65. The minimum atomic E-state index is -0.454. The number of rotatable bonds is 3. The summed E-state index contributed by atoms with van der Waals surface area (Å²) in [6.07, 6.45) is 5.24. The molecule has 0 saturated heterocycles. The molecular formula is C18H23N5O2. The lowest BCUT2D eigenvalue weighted by atomic mass is 9.93. The first-order chi connectivity index (χ1) is 12.2. The van der Waals surface area contributed by atoms with Crippen molar-refractivity contribution in [2.45, 2.75) is 57.2 Å². The van der Waals surface area contributed by atoms with Gasteiger partial charge in [0.05, 0.1) is 12.1 Å². The van der Waals surface area contributed by atoms with Gasteiger partial charge in [-0.2, -0.15) is 0 Å². The summed E-state index contributed by atoms with van der Waals surface area (Å²) in [5.74, 6) is 1.87. The number of hydrogen-bond donors (Lipinski definition) is 3. The number of benzene rings is 1. The molecule has 2 aromatic rings. The van der Waals surface area contributed by atoms with Crippen LogP contribution in [0, 0.1) is 0 Å². The van der Waals surface area contributed by atoms with Gasteiger partial charge in [-0.3, -0.25) is 0 Å². The van der Waals surface area contributed by atoms with E-state index in [1.807, 2.05) is 24.3 Å². The Morgan fingerprint density at radius 3 is 2.96 bits per heavy atom. The van der Waals surface area contributed by atoms with Crippen molar-refractivity contribution in [2.24, 2.45) is 0 Å². The Morgan fingerprint density at radius 2 is 2.08 bits per heavy atom. The lowest BCUT2D eigenvalue weighted by Crippen LogP contribution is -2.46. The van der Waals surface area contributed by atoms with Crippen molar-refractivity contribution in [1.29, 1.82) is 0 Å². The van der Waals surface area contributed by atoms with Crippen LogP contribution in [-0.4, -0.2) is 38.0 Å². The first-order valence-corrected chi connectivity index (χ1v) is 8.99. The molecule has 0 spiro atoms. The molecule has 0 bridgehead atoms. The number of nitrogens with one attached hydrogen (secondary N) is 2. The van der Waals surface area contributed by atoms with Crippen LogP contribution in [0.25, 0.3) is 11.4 Å².